The van der Waals surface area contributed by atoms with Crippen LogP contribution in [-0.4, -0.2) is 70.7 Å². The predicted octanol–water partition coefficient (Wildman–Crippen LogP) is 2.40. The molecule has 35 heavy (non-hydrogen) atoms. The molecule has 3 aromatic rings. The zero-order valence-electron chi connectivity index (χ0n) is 20.1. The number of ether oxygens (including phenoxy) is 1. The van der Waals surface area contributed by atoms with Crippen molar-refractivity contribution in [3.8, 4) is 0 Å². The largest absolute Gasteiger partial charge is 0.465 e. The van der Waals surface area contributed by atoms with Gasteiger partial charge in [0.2, 0.25) is 0 Å². The molecule has 1 N–H and O–H groups in total. The number of urea groups is 1. The third-order valence-electron chi connectivity index (χ3n) is 6.29. The zero-order valence-corrected chi connectivity index (χ0v) is 20.1. The Morgan fingerprint density at radius 1 is 1.03 bits per heavy atom. The van der Waals surface area contributed by atoms with E-state index in [9.17, 15) is 14.4 Å². The second kappa shape index (κ2) is 11.1. The molecular formula is C26H31N5O4. The van der Waals surface area contributed by atoms with E-state index in [0.29, 0.717) is 49.5 Å². The number of amides is 2. The van der Waals surface area contributed by atoms with Gasteiger partial charge in [-0.05, 0) is 31.5 Å². The lowest BCUT2D eigenvalue weighted by Crippen LogP contribution is -2.53. The highest BCUT2D eigenvalue weighted by molar-refractivity contribution is 5.81. The number of fused-ring (bicyclic) bond motifs is 1. The van der Waals surface area contributed by atoms with Gasteiger partial charge in [-0.2, -0.15) is 0 Å². The molecule has 2 aromatic carbocycles. The summed E-state index contributed by atoms with van der Waals surface area (Å²) in [7, 11) is 0. The lowest BCUT2D eigenvalue weighted by molar-refractivity contribution is -0.141. The maximum Gasteiger partial charge on any atom is 0.325 e. The average molecular weight is 478 g/mol. The van der Waals surface area contributed by atoms with E-state index in [1.165, 1.54) is 0 Å². The van der Waals surface area contributed by atoms with Crippen LogP contribution in [0.15, 0.2) is 59.4 Å². The highest BCUT2D eigenvalue weighted by atomic mass is 16.5. The van der Waals surface area contributed by atoms with Crippen molar-refractivity contribution in [2.45, 2.75) is 26.4 Å². The number of rotatable bonds is 7. The molecule has 1 fully saturated rings. The van der Waals surface area contributed by atoms with Crippen LogP contribution in [0, 0.1) is 0 Å². The number of carbonyl (C=O) groups excluding carboxylic acids is 2. The van der Waals surface area contributed by atoms with E-state index >= 15 is 0 Å². The van der Waals surface area contributed by atoms with Crippen LogP contribution < -0.4 is 10.9 Å². The van der Waals surface area contributed by atoms with Crippen LogP contribution in [0.4, 0.5) is 4.79 Å². The highest BCUT2D eigenvalue weighted by Gasteiger charge is 2.28. The SMILES string of the molecule is CCOC(=O)CNC(=O)N1CCN(C(C)c2nc3ccccc3c(=O)n2Cc2ccccc2)CC1. The first-order valence-corrected chi connectivity index (χ1v) is 11.9. The first kappa shape index (κ1) is 24.4. The minimum Gasteiger partial charge on any atom is -0.465 e. The Labute approximate surface area is 204 Å². The van der Waals surface area contributed by atoms with Gasteiger partial charge >= 0.3 is 12.0 Å². The van der Waals surface area contributed by atoms with Crippen molar-refractivity contribution in [2.24, 2.45) is 0 Å². The maximum absolute atomic E-state index is 13.5. The summed E-state index contributed by atoms with van der Waals surface area (Å²) in [6, 6.07) is 16.9. The fourth-order valence-corrected chi connectivity index (χ4v) is 4.37. The number of benzene rings is 2. The van der Waals surface area contributed by atoms with E-state index in [2.05, 4.69) is 17.1 Å². The molecule has 184 valence electrons. The second-order valence-electron chi connectivity index (χ2n) is 8.53. The minimum atomic E-state index is -0.452. The molecule has 1 aromatic heterocycles. The van der Waals surface area contributed by atoms with Crippen molar-refractivity contribution in [1.29, 1.82) is 0 Å². The number of hydrogen-bond acceptors (Lipinski definition) is 6. The van der Waals surface area contributed by atoms with E-state index in [1.54, 1.807) is 16.4 Å². The van der Waals surface area contributed by atoms with Crippen LogP contribution in [0.5, 0.6) is 0 Å². The number of hydrogen-bond donors (Lipinski definition) is 1. The summed E-state index contributed by atoms with van der Waals surface area (Å²) in [6.07, 6.45) is 0. The average Bonchev–Trinajstić information content (AvgIpc) is 2.89. The zero-order chi connectivity index (χ0) is 24.8. The molecule has 1 atom stereocenters. The van der Waals surface area contributed by atoms with E-state index in [-0.39, 0.29) is 30.8 Å². The summed E-state index contributed by atoms with van der Waals surface area (Å²) in [4.78, 5) is 46.2. The van der Waals surface area contributed by atoms with Crippen molar-refractivity contribution in [3.63, 3.8) is 0 Å². The first-order valence-electron chi connectivity index (χ1n) is 11.9. The fraction of sp³-hybridized carbons (Fsp3) is 0.385. The standard InChI is InChI=1S/C26H31N5O4/c1-3-35-23(32)17-27-26(34)30-15-13-29(14-16-30)19(2)24-28-22-12-8-7-11-21(22)25(33)31(24)18-20-9-5-4-6-10-20/h4-12,19H,3,13-18H2,1-2H3,(H,27,34). The highest BCUT2D eigenvalue weighted by Crippen LogP contribution is 2.22. The van der Waals surface area contributed by atoms with Crippen LogP contribution in [0.2, 0.25) is 0 Å². The van der Waals surface area contributed by atoms with Crippen molar-refractivity contribution < 1.29 is 14.3 Å². The van der Waals surface area contributed by atoms with Gasteiger partial charge in [0.25, 0.3) is 5.56 Å². The Balaban J connectivity index is 1.51. The summed E-state index contributed by atoms with van der Waals surface area (Å²) in [5.41, 5.74) is 1.65. The number of esters is 1. The Kier molecular flexibility index (Phi) is 7.77. The molecule has 1 aliphatic rings. The van der Waals surface area contributed by atoms with Crippen LogP contribution >= 0.6 is 0 Å². The van der Waals surface area contributed by atoms with Crippen molar-refractivity contribution >= 4 is 22.9 Å². The Morgan fingerprint density at radius 3 is 2.43 bits per heavy atom. The Bertz CT molecular complexity index is 1240. The van der Waals surface area contributed by atoms with Crippen LogP contribution in [0.3, 0.4) is 0 Å². The van der Waals surface area contributed by atoms with Gasteiger partial charge in [0.15, 0.2) is 0 Å². The molecule has 0 bridgehead atoms. The van der Waals surface area contributed by atoms with Crippen molar-refractivity contribution in [2.75, 3.05) is 39.3 Å². The molecule has 0 saturated carbocycles. The lowest BCUT2D eigenvalue weighted by Gasteiger charge is -2.38. The summed E-state index contributed by atoms with van der Waals surface area (Å²) in [6.45, 7) is 6.63. The van der Waals surface area contributed by atoms with Crippen molar-refractivity contribution in [1.82, 2.24) is 24.7 Å². The fourth-order valence-electron chi connectivity index (χ4n) is 4.37. The van der Waals surface area contributed by atoms with Crippen LogP contribution in [0.1, 0.15) is 31.3 Å². The number of nitrogens with zero attached hydrogens (tertiary/aromatic N) is 4. The van der Waals surface area contributed by atoms with Crippen LogP contribution in [-0.2, 0) is 16.1 Å². The predicted molar refractivity (Wildman–Crippen MR) is 133 cm³/mol. The monoisotopic (exact) mass is 477 g/mol. The lowest BCUT2D eigenvalue weighted by atomic mass is 10.1. The van der Waals surface area contributed by atoms with Gasteiger partial charge in [-0.15, -0.1) is 0 Å². The quantitative estimate of drug-likeness (QED) is 0.525. The molecule has 2 heterocycles. The molecule has 0 radical (unpaired) electrons. The second-order valence-corrected chi connectivity index (χ2v) is 8.53. The Hall–Kier alpha value is -3.72. The molecule has 2 amide bonds. The number of carbonyl (C=O) groups is 2. The summed E-state index contributed by atoms with van der Waals surface area (Å²) < 4.78 is 6.62. The molecule has 9 heteroatoms. The van der Waals surface area contributed by atoms with E-state index in [4.69, 9.17) is 9.72 Å². The molecule has 4 rings (SSSR count). The third-order valence-corrected chi connectivity index (χ3v) is 6.29. The normalized spacial score (nSPS) is 15.1. The maximum atomic E-state index is 13.5. The molecule has 9 nitrogen and oxygen atoms in total. The van der Waals surface area contributed by atoms with Gasteiger partial charge in [-0.1, -0.05) is 42.5 Å². The smallest absolute Gasteiger partial charge is 0.325 e. The molecule has 0 aliphatic carbocycles. The summed E-state index contributed by atoms with van der Waals surface area (Å²) >= 11 is 0. The van der Waals surface area contributed by atoms with Crippen LogP contribution in [0.25, 0.3) is 10.9 Å². The molecule has 1 unspecified atom stereocenters. The molecule has 1 saturated heterocycles. The minimum absolute atomic E-state index is 0.0571. The van der Waals surface area contributed by atoms with E-state index < -0.39 is 5.97 Å². The number of aromatic nitrogens is 2. The van der Waals surface area contributed by atoms with Crippen molar-refractivity contribution in [3.05, 3.63) is 76.3 Å². The van der Waals surface area contributed by atoms with Gasteiger partial charge in [0, 0.05) is 26.2 Å². The third kappa shape index (κ3) is 5.68. The topological polar surface area (TPSA) is 96.8 Å². The van der Waals surface area contributed by atoms with Gasteiger partial charge in [0.1, 0.15) is 12.4 Å². The molecule has 1 aliphatic heterocycles. The van der Waals surface area contributed by atoms with E-state index in [0.717, 1.165) is 5.56 Å². The summed E-state index contributed by atoms with van der Waals surface area (Å²) in [5.74, 6) is 0.254. The van der Waals surface area contributed by atoms with Gasteiger partial charge in [0.05, 0.1) is 30.1 Å². The summed E-state index contributed by atoms with van der Waals surface area (Å²) in [5, 5.41) is 3.21. The number of para-hydroxylation sites is 1. The van der Waals surface area contributed by atoms with Gasteiger partial charge < -0.3 is 15.0 Å². The van der Waals surface area contributed by atoms with Gasteiger partial charge in [-0.25, -0.2) is 9.78 Å². The Morgan fingerprint density at radius 2 is 1.71 bits per heavy atom. The molecular weight excluding hydrogens is 446 g/mol. The molecule has 0 spiro atoms. The first-order chi connectivity index (χ1) is 17.0. The number of nitrogens with one attached hydrogen (secondary N) is 1. The number of piperazine rings is 1. The van der Waals surface area contributed by atoms with Gasteiger partial charge in [-0.3, -0.25) is 19.1 Å². The van der Waals surface area contributed by atoms with E-state index in [1.807, 2.05) is 54.6 Å².